The van der Waals surface area contributed by atoms with Crippen molar-refractivity contribution in [3.63, 3.8) is 0 Å². The zero-order chi connectivity index (χ0) is 19.4. The van der Waals surface area contributed by atoms with E-state index in [0.717, 1.165) is 77.9 Å². The van der Waals surface area contributed by atoms with Crippen LogP contribution in [0.5, 0.6) is 0 Å². The number of benzene rings is 1. The number of aromatic amines is 1. The standard InChI is InChI=1S/C21H20FN5OS/c22-13-1-2-16-14(9-13)15-12-27(4-3-17(15)24-16)20-10-19-18(11-23-20)25-21(29-19)26-5-7-28-8-6-26/h1-2,9-11,24H,3-8,12H2. The molecule has 0 unspecified atom stereocenters. The summed E-state index contributed by atoms with van der Waals surface area (Å²) in [5.41, 5.74) is 4.31. The molecule has 3 aromatic heterocycles. The summed E-state index contributed by atoms with van der Waals surface area (Å²) in [6.45, 7) is 4.88. The molecule has 2 aliphatic rings. The molecule has 0 aliphatic carbocycles. The van der Waals surface area contributed by atoms with Crippen LogP contribution in [0.25, 0.3) is 21.1 Å². The number of rotatable bonds is 2. The Kier molecular flexibility index (Phi) is 3.95. The number of thiazole rings is 1. The largest absolute Gasteiger partial charge is 0.378 e. The van der Waals surface area contributed by atoms with Gasteiger partial charge in [-0.25, -0.2) is 14.4 Å². The topological polar surface area (TPSA) is 57.3 Å². The Morgan fingerprint density at radius 2 is 2.00 bits per heavy atom. The van der Waals surface area contributed by atoms with Gasteiger partial charge in [0.15, 0.2) is 5.13 Å². The summed E-state index contributed by atoms with van der Waals surface area (Å²) in [7, 11) is 0. The molecule has 0 spiro atoms. The average molecular weight is 409 g/mol. The molecule has 0 amide bonds. The second-order valence-corrected chi connectivity index (χ2v) is 8.56. The Morgan fingerprint density at radius 1 is 1.10 bits per heavy atom. The van der Waals surface area contributed by atoms with E-state index in [-0.39, 0.29) is 5.82 Å². The Morgan fingerprint density at radius 3 is 2.90 bits per heavy atom. The van der Waals surface area contributed by atoms with E-state index in [4.69, 9.17) is 9.72 Å². The van der Waals surface area contributed by atoms with Gasteiger partial charge in [-0.15, -0.1) is 0 Å². The van der Waals surface area contributed by atoms with Gasteiger partial charge in [-0.05, 0) is 18.2 Å². The lowest BCUT2D eigenvalue weighted by atomic mass is 10.0. The van der Waals surface area contributed by atoms with E-state index in [9.17, 15) is 4.39 Å². The summed E-state index contributed by atoms with van der Waals surface area (Å²) in [5, 5.41) is 2.01. The van der Waals surface area contributed by atoms with E-state index in [1.165, 1.54) is 17.3 Å². The molecule has 2 aliphatic heterocycles. The van der Waals surface area contributed by atoms with Crippen LogP contribution < -0.4 is 9.80 Å². The first-order chi connectivity index (χ1) is 14.2. The van der Waals surface area contributed by atoms with Crippen LogP contribution in [0.1, 0.15) is 11.3 Å². The zero-order valence-electron chi connectivity index (χ0n) is 15.8. The van der Waals surface area contributed by atoms with Crippen LogP contribution in [0.3, 0.4) is 0 Å². The second kappa shape index (κ2) is 6.67. The molecule has 0 radical (unpaired) electrons. The molecule has 148 valence electrons. The SMILES string of the molecule is Fc1ccc2[nH]c3c(c2c1)CN(c1cc2sc(N4CCOCC4)nc2cn1)CC3. The van der Waals surface area contributed by atoms with E-state index in [2.05, 4.69) is 25.8 Å². The molecule has 0 saturated carbocycles. The van der Waals surface area contributed by atoms with Gasteiger partial charge in [-0.2, -0.15) is 0 Å². The van der Waals surface area contributed by atoms with Crippen molar-refractivity contribution in [2.45, 2.75) is 13.0 Å². The maximum absolute atomic E-state index is 13.8. The van der Waals surface area contributed by atoms with Gasteiger partial charge in [0, 0.05) is 60.8 Å². The number of hydrogen-bond donors (Lipinski definition) is 1. The van der Waals surface area contributed by atoms with Crippen molar-refractivity contribution in [2.24, 2.45) is 0 Å². The number of morpholine rings is 1. The molecule has 0 bridgehead atoms. The molecular weight excluding hydrogens is 389 g/mol. The van der Waals surface area contributed by atoms with E-state index >= 15 is 0 Å². The summed E-state index contributed by atoms with van der Waals surface area (Å²) >= 11 is 1.71. The minimum absolute atomic E-state index is 0.198. The first-order valence-electron chi connectivity index (χ1n) is 9.88. The molecule has 1 saturated heterocycles. The lowest BCUT2D eigenvalue weighted by Crippen LogP contribution is -2.36. The minimum Gasteiger partial charge on any atom is -0.378 e. The average Bonchev–Trinajstić information content (AvgIpc) is 3.34. The molecule has 4 aromatic rings. The summed E-state index contributed by atoms with van der Waals surface area (Å²) < 4.78 is 20.4. The van der Waals surface area contributed by atoms with E-state index in [1.54, 1.807) is 17.4 Å². The number of fused-ring (bicyclic) bond motifs is 4. The van der Waals surface area contributed by atoms with Gasteiger partial charge >= 0.3 is 0 Å². The molecule has 5 heterocycles. The van der Waals surface area contributed by atoms with Crippen LogP contribution in [0.15, 0.2) is 30.5 Å². The van der Waals surface area contributed by atoms with Gasteiger partial charge in [0.1, 0.15) is 17.2 Å². The quantitative estimate of drug-likeness (QED) is 0.547. The van der Waals surface area contributed by atoms with Crippen molar-refractivity contribution in [1.29, 1.82) is 0 Å². The molecule has 1 aromatic carbocycles. The first kappa shape index (κ1) is 17.2. The number of pyridine rings is 1. The number of aromatic nitrogens is 3. The highest BCUT2D eigenvalue weighted by Gasteiger charge is 2.23. The maximum atomic E-state index is 13.8. The minimum atomic E-state index is -0.198. The fraction of sp³-hybridized carbons (Fsp3) is 0.333. The Labute approximate surface area is 170 Å². The highest BCUT2D eigenvalue weighted by Crippen LogP contribution is 2.34. The molecule has 1 N–H and O–H groups in total. The molecular formula is C21H20FN5OS. The Bertz CT molecular complexity index is 1210. The molecule has 6 nitrogen and oxygen atoms in total. The number of H-pyrrole nitrogens is 1. The van der Waals surface area contributed by atoms with Gasteiger partial charge in [0.05, 0.1) is 24.1 Å². The number of hydrogen-bond acceptors (Lipinski definition) is 6. The molecule has 8 heteroatoms. The molecule has 6 rings (SSSR count). The number of nitrogens with zero attached hydrogens (tertiary/aromatic N) is 4. The van der Waals surface area contributed by atoms with Crippen LogP contribution in [0, 0.1) is 5.82 Å². The monoisotopic (exact) mass is 409 g/mol. The van der Waals surface area contributed by atoms with Crippen LogP contribution in [0.4, 0.5) is 15.3 Å². The number of halogens is 1. The van der Waals surface area contributed by atoms with Crippen molar-refractivity contribution in [1.82, 2.24) is 15.0 Å². The van der Waals surface area contributed by atoms with E-state index in [1.807, 2.05) is 12.3 Å². The lowest BCUT2D eigenvalue weighted by molar-refractivity contribution is 0.122. The van der Waals surface area contributed by atoms with Crippen molar-refractivity contribution >= 4 is 43.4 Å². The number of anilines is 2. The highest BCUT2D eigenvalue weighted by molar-refractivity contribution is 7.22. The summed E-state index contributed by atoms with van der Waals surface area (Å²) in [4.78, 5) is 17.4. The van der Waals surface area contributed by atoms with E-state index < -0.39 is 0 Å². The van der Waals surface area contributed by atoms with Gasteiger partial charge < -0.3 is 19.5 Å². The predicted octanol–water partition coefficient (Wildman–Crippen LogP) is 3.71. The number of ether oxygens (including phenoxy) is 1. The van der Waals surface area contributed by atoms with Gasteiger partial charge in [-0.3, -0.25) is 0 Å². The second-order valence-electron chi connectivity index (χ2n) is 7.55. The summed E-state index contributed by atoms with van der Waals surface area (Å²) in [6.07, 6.45) is 2.77. The van der Waals surface area contributed by atoms with Crippen molar-refractivity contribution < 1.29 is 9.13 Å². The molecule has 0 atom stereocenters. The van der Waals surface area contributed by atoms with Crippen molar-refractivity contribution in [3.8, 4) is 0 Å². The third-order valence-corrected chi connectivity index (χ3v) is 6.87. The first-order valence-corrected chi connectivity index (χ1v) is 10.7. The third-order valence-electron chi connectivity index (χ3n) is 5.79. The fourth-order valence-corrected chi connectivity index (χ4v) is 5.27. The van der Waals surface area contributed by atoms with Crippen molar-refractivity contribution in [2.75, 3.05) is 42.6 Å². The lowest BCUT2D eigenvalue weighted by Gasteiger charge is -2.28. The van der Waals surface area contributed by atoms with Gasteiger partial charge in [0.25, 0.3) is 0 Å². The van der Waals surface area contributed by atoms with Crippen LogP contribution in [0.2, 0.25) is 0 Å². The summed E-state index contributed by atoms with van der Waals surface area (Å²) in [5.74, 6) is 0.752. The van der Waals surface area contributed by atoms with Gasteiger partial charge in [-0.1, -0.05) is 11.3 Å². The Balaban J connectivity index is 1.32. The predicted molar refractivity (Wildman–Crippen MR) is 113 cm³/mol. The molecule has 29 heavy (non-hydrogen) atoms. The molecule has 1 fully saturated rings. The third kappa shape index (κ3) is 2.94. The van der Waals surface area contributed by atoms with Crippen LogP contribution in [-0.2, 0) is 17.7 Å². The van der Waals surface area contributed by atoms with E-state index in [0.29, 0.717) is 0 Å². The smallest absolute Gasteiger partial charge is 0.186 e. The van der Waals surface area contributed by atoms with Gasteiger partial charge in [0.2, 0.25) is 0 Å². The van der Waals surface area contributed by atoms with Crippen molar-refractivity contribution in [3.05, 3.63) is 47.5 Å². The highest BCUT2D eigenvalue weighted by atomic mass is 32.1. The van der Waals surface area contributed by atoms with Crippen LogP contribution in [-0.4, -0.2) is 47.8 Å². The normalized spacial score (nSPS) is 17.3. The maximum Gasteiger partial charge on any atom is 0.186 e. The number of nitrogens with one attached hydrogen (secondary N) is 1. The summed E-state index contributed by atoms with van der Waals surface area (Å²) in [6, 6.07) is 7.09. The van der Waals surface area contributed by atoms with Crippen LogP contribution >= 0.6 is 11.3 Å². The fourth-order valence-electron chi connectivity index (χ4n) is 4.25. The Hall–Kier alpha value is -2.71. The zero-order valence-corrected chi connectivity index (χ0v) is 16.6.